The molecule has 0 saturated carbocycles. The summed E-state index contributed by atoms with van der Waals surface area (Å²) < 4.78 is 4.73. The van der Waals surface area contributed by atoms with Crippen LogP contribution in [0.4, 0.5) is 0 Å². The van der Waals surface area contributed by atoms with E-state index >= 15 is 0 Å². The Morgan fingerprint density at radius 1 is 1.35 bits per heavy atom. The lowest BCUT2D eigenvalue weighted by molar-refractivity contribution is -0.147. The fraction of sp³-hybridized carbons (Fsp3) is 0.923. The second-order valence-corrected chi connectivity index (χ2v) is 5.00. The highest BCUT2D eigenvalue weighted by molar-refractivity contribution is 5.79. The second kappa shape index (κ2) is 7.67. The van der Waals surface area contributed by atoms with E-state index in [-0.39, 0.29) is 5.97 Å². The number of nitrogens with two attached hydrogens (primary N) is 1. The van der Waals surface area contributed by atoms with Crippen LogP contribution in [-0.4, -0.2) is 42.6 Å². The fourth-order valence-electron chi connectivity index (χ4n) is 2.19. The number of esters is 1. The van der Waals surface area contributed by atoms with Gasteiger partial charge in [0.15, 0.2) is 0 Å². The first-order valence-electron chi connectivity index (χ1n) is 6.50. The van der Waals surface area contributed by atoms with E-state index in [1.54, 1.807) is 6.92 Å². The molecule has 17 heavy (non-hydrogen) atoms. The van der Waals surface area contributed by atoms with Crippen molar-refractivity contribution in [2.75, 3.05) is 20.2 Å². The minimum Gasteiger partial charge on any atom is -0.468 e. The Balaban J connectivity index is 4.46. The highest BCUT2D eigenvalue weighted by atomic mass is 16.5. The summed E-state index contributed by atoms with van der Waals surface area (Å²) in [5.41, 5.74) is 5.11. The number of carbonyl (C=O) groups excluding carboxylic acids is 1. The molecule has 0 aromatic carbocycles. The van der Waals surface area contributed by atoms with Crippen molar-refractivity contribution < 1.29 is 9.53 Å². The Bertz CT molecular complexity index is 223. The van der Waals surface area contributed by atoms with E-state index in [2.05, 4.69) is 25.7 Å². The molecule has 0 saturated heterocycles. The Kier molecular flexibility index (Phi) is 7.39. The molecule has 0 radical (unpaired) electrons. The zero-order valence-corrected chi connectivity index (χ0v) is 12.0. The molecule has 0 aliphatic carbocycles. The first kappa shape index (κ1) is 16.4. The van der Waals surface area contributed by atoms with Gasteiger partial charge in [0, 0.05) is 6.04 Å². The maximum atomic E-state index is 11.5. The third-order valence-electron chi connectivity index (χ3n) is 3.02. The topological polar surface area (TPSA) is 55.6 Å². The highest BCUT2D eigenvalue weighted by Crippen LogP contribution is 2.16. The van der Waals surface area contributed by atoms with Crippen molar-refractivity contribution in [2.24, 2.45) is 5.73 Å². The van der Waals surface area contributed by atoms with E-state index in [1.165, 1.54) is 7.11 Å². The molecule has 102 valence electrons. The van der Waals surface area contributed by atoms with Crippen molar-refractivity contribution >= 4 is 5.97 Å². The van der Waals surface area contributed by atoms with E-state index in [0.29, 0.717) is 12.5 Å². The van der Waals surface area contributed by atoms with Gasteiger partial charge in [-0.25, -0.2) is 0 Å². The molecule has 0 aromatic heterocycles. The molecule has 0 bridgehead atoms. The smallest absolute Gasteiger partial charge is 0.325 e. The third-order valence-corrected chi connectivity index (χ3v) is 3.02. The van der Waals surface area contributed by atoms with Gasteiger partial charge in [0.1, 0.15) is 5.54 Å². The Morgan fingerprint density at radius 2 is 1.82 bits per heavy atom. The van der Waals surface area contributed by atoms with Crippen molar-refractivity contribution in [1.82, 2.24) is 4.90 Å². The molecular formula is C13H28N2O2. The van der Waals surface area contributed by atoms with Gasteiger partial charge in [0.2, 0.25) is 0 Å². The molecular weight excluding hydrogens is 216 g/mol. The largest absolute Gasteiger partial charge is 0.468 e. The molecule has 2 N–H and O–H groups in total. The average molecular weight is 244 g/mol. The van der Waals surface area contributed by atoms with Crippen molar-refractivity contribution in [3.63, 3.8) is 0 Å². The number of ether oxygens (including phenoxy) is 1. The summed E-state index contributed by atoms with van der Waals surface area (Å²) in [6, 6.07) is 0.295. The summed E-state index contributed by atoms with van der Waals surface area (Å²) in [6.07, 6.45) is 2.85. The van der Waals surface area contributed by atoms with E-state index in [9.17, 15) is 4.79 Å². The van der Waals surface area contributed by atoms with E-state index in [0.717, 1.165) is 25.9 Å². The third kappa shape index (κ3) is 5.50. The van der Waals surface area contributed by atoms with E-state index in [1.807, 2.05) is 0 Å². The van der Waals surface area contributed by atoms with Crippen LogP contribution in [0, 0.1) is 0 Å². The van der Waals surface area contributed by atoms with E-state index in [4.69, 9.17) is 10.5 Å². The quantitative estimate of drug-likeness (QED) is 0.661. The molecule has 0 amide bonds. The van der Waals surface area contributed by atoms with Crippen LogP contribution in [0.15, 0.2) is 0 Å². The highest BCUT2D eigenvalue weighted by Gasteiger charge is 2.32. The summed E-state index contributed by atoms with van der Waals surface area (Å²) in [5.74, 6) is -0.336. The van der Waals surface area contributed by atoms with Gasteiger partial charge < -0.3 is 15.4 Å². The number of methoxy groups -OCH3 is 1. The molecule has 0 spiro atoms. The first-order chi connectivity index (χ1) is 7.88. The summed E-state index contributed by atoms with van der Waals surface area (Å²) in [6.45, 7) is 10.3. The van der Waals surface area contributed by atoms with Crippen LogP contribution in [0.5, 0.6) is 0 Å². The van der Waals surface area contributed by atoms with Crippen LogP contribution in [0.25, 0.3) is 0 Å². The zero-order chi connectivity index (χ0) is 13.5. The Labute approximate surface area is 105 Å². The first-order valence-corrected chi connectivity index (χ1v) is 6.50. The number of carbonyl (C=O) groups is 1. The maximum Gasteiger partial charge on any atom is 0.325 e. The molecule has 0 aromatic rings. The lowest BCUT2D eigenvalue weighted by atomic mass is 9.94. The molecule has 0 heterocycles. The predicted molar refractivity (Wildman–Crippen MR) is 70.8 cm³/mol. The zero-order valence-electron chi connectivity index (χ0n) is 12.0. The molecule has 4 heteroatoms. The summed E-state index contributed by atoms with van der Waals surface area (Å²) in [7, 11) is 1.38. The van der Waals surface area contributed by atoms with Gasteiger partial charge in [-0.1, -0.05) is 13.8 Å². The van der Waals surface area contributed by atoms with Gasteiger partial charge in [0.25, 0.3) is 0 Å². The van der Waals surface area contributed by atoms with Crippen molar-refractivity contribution in [1.29, 1.82) is 0 Å². The van der Waals surface area contributed by atoms with Gasteiger partial charge in [-0.15, -0.1) is 0 Å². The molecule has 2 atom stereocenters. The molecule has 0 fully saturated rings. The summed E-state index contributed by atoms with van der Waals surface area (Å²) >= 11 is 0. The second-order valence-electron chi connectivity index (χ2n) is 5.00. The molecule has 0 aliphatic heterocycles. The van der Waals surface area contributed by atoms with E-state index < -0.39 is 5.54 Å². The van der Waals surface area contributed by atoms with Gasteiger partial charge in [0.05, 0.1) is 7.11 Å². The summed E-state index contributed by atoms with van der Waals surface area (Å²) in [5, 5.41) is 0. The number of nitrogens with zero attached hydrogens (tertiary/aromatic N) is 1. The SMILES string of the molecule is CCCN(CCC)C(C)CC(C)(N)C(=O)OC. The van der Waals surface area contributed by atoms with Gasteiger partial charge in [-0.05, 0) is 46.2 Å². The Morgan fingerprint density at radius 3 is 2.18 bits per heavy atom. The lowest BCUT2D eigenvalue weighted by Gasteiger charge is -2.33. The van der Waals surface area contributed by atoms with Crippen molar-refractivity contribution in [2.45, 2.75) is 58.5 Å². The normalized spacial score (nSPS) is 16.6. The standard InChI is InChI=1S/C13H28N2O2/c1-6-8-15(9-7-2)11(3)10-13(4,14)12(16)17-5/h11H,6-10,14H2,1-5H3. The number of hydrogen-bond acceptors (Lipinski definition) is 4. The van der Waals surface area contributed by atoms with Gasteiger partial charge >= 0.3 is 5.97 Å². The minimum atomic E-state index is -0.895. The van der Waals surface area contributed by atoms with Crippen LogP contribution >= 0.6 is 0 Å². The number of hydrogen-bond donors (Lipinski definition) is 1. The number of rotatable bonds is 8. The maximum absolute atomic E-state index is 11.5. The Hall–Kier alpha value is -0.610. The van der Waals surface area contributed by atoms with Crippen LogP contribution in [0.2, 0.25) is 0 Å². The monoisotopic (exact) mass is 244 g/mol. The van der Waals surface area contributed by atoms with Crippen LogP contribution < -0.4 is 5.73 Å². The van der Waals surface area contributed by atoms with Gasteiger partial charge in [-0.2, -0.15) is 0 Å². The average Bonchev–Trinajstić information content (AvgIpc) is 2.26. The molecule has 0 rings (SSSR count). The van der Waals surface area contributed by atoms with Crippen LogP contribution in [0.3, 0.4) is 0 Å². The fourth-order valence-corrected chi connectivity index (χ4v) is 2.19. The van der Waals surface area contributed by atoms with Crippen molar-refractivity contribution in [3.05, 3.63) is 0 Å². The molecule has 0 aliphatic rings. The lowest BCUT2D eigenvalue weighted by Crippen LogP contribution is -2.51. The van der Waals surface area contributed by atoms with Gasteiger partial charge in [-0.3, -0.25) is 4.79 Å². The predicted octanol–water partition coefficient (Wildman–Crippen LogP) is 1.78. The summed E-state index contributed by atoms with van der Waals surface area (Å²) in [4.78, 5) is 13.9. The van der Waals surface area contributed by atoms with Crippen molar-refractivity contribution in [3.8, 4) is 0 Å². The van der Waals surface area contributed by atoms with Crippen LogP contribution in [-0.2, 0) is 9.53 Å². The minimum absolute atomic E-state index is 0.295. The molecule has 2 unspecified atom stereocenters. The van der Waals surface area contributed by atoms with Crippen LogP contribution in [0.1, 0.15) is 47.0 Å². The molecule has 4 nitrogen and oxygen atoms in total.